The highest BCUT2D eigenvalue weighted by Gasteiger charge is 2.20. The van der Waals surface area contributed by atoms with Gasteiger partial charge < -0.3 is 14.5 Å². The zero-order valence-electron chi connectivity index (χ0n) is 21.9. The Bertz CT molecular complexity index is 1650. The summed E-state index contributed by atoms with van der Waals surface area (Å²) in [5.41, 5.74) is 2.36. The second-order valence-corrected chi connectivity index (χ2v) is 9.63. The number of hydrogen-bond donors (Lipinski definition) is 1. The highest BCUT2D eigenvalue weighted by Crippen LogP contribution is 2.19. The molecule has 196 valence electrons. The van der Waals surface area contributed by atoms with Crippen LogP contribution >= 0.6 is 0 Å². The summed E-state index contributed by atoms with van der Waals surface area (Å²) < 4.78 is 4.80. The molecular weight excluding hydrogens is 480 g/mol. The van der Waals surface area contributed by atoms with Crippen LogP contribution < -0.4 is 11.2 Å². The lowest BCUT2D eigenvalue weighted by atomic mass is 10.1. The van der Waals surface area contributed by atoms with Gasteiger partial charge in [0.25, 0.3) is 11.5 Å². The first-order valence-electron chi connectivity index (χ1n) is 13.3. The third kappa shape index (κ3) is 4.94. The van der Waals surface area contributed by atoms with Gasteiger partial charge in [-0.3, -0.25) is 18.7 Å². The predicted octanol–water partition coefficient (Wildman–Crippen LogP) is 3.46. The fourth-order valence-electron chi connectivity index (χ4n) is 4.89. The van der Waals surface area contributed by atoms with E-state index in [4.69, 9.17) is 0 Å². The van der Waals surface area contributed by atoms with Crippen LogP contribution in [0.3, 0.4) is 0 Å². The highest BCUT2D eigenvalue weighted by molar-refractivity contribution is 5.94. The molecule has 0 unspecified atom stereocenters. The Kier molecular flexibility index (Phi) is 7.31. The number of rotatable bonds is 7. The zero-order valence-corrected chi connectivity index (χ0v) is 21.9. The number of fused-ring (bicyclic) bond motifs is 1. The maximum atomic E-state index is 13.0. The van der Waals surface area contributed by atoms with Gasteiger partial charge in [0.1, 0.15) is 11.3 Å². The molecule has 1 aliphatic rings. The minimum absolute atomic E-state index is 0.0674. The van der Waals surface area contributed by atoms with Crippen molar-refractivity contribution >= 4 is 17.1 Å². The summed E-state index contributed by atoms with van der Waals surface area (Å²) in [4.78, 5) is 48.3. The maximum absolute atomic E-state index is 13.0. The van der Waals surface area contributed by atoms with Gasteiger partial charge in [-0.1, -0.05) is 31.8 Å². The van der Waals surface area contributed by atoms with Gasteiger partial charge in [0, 0.05) is 55.3 Å². The molecule has 0 aliphatic carbocycles. The zero-order chi connectivity index (χ0) is 26.6. The Morgan fingerprint density at radius 1 is 1.05 bits per heavy atom. The number of aryl methyl sites for hydroxylation is 1. The van der Waals surface area contributed by atoms with Crippen LogP contribution in [0.4, 0.5) is 0 Å². The standard InChI is InChI=1S/C29H32N6O3/c1-3-13-34-26-24(28(37)35(14-4-2)29(34)38)30-25(31-26)23-12-18-32(20-23)15-8-10-21-9-7-11-22(19-21)27(36)33-16-5-6-17-33/h7,9,11-12,18-20H,3-6,13-17H2,1-2H3,(H,30,31). The van der Waals surface area contributed by atoms with E-state index in [9.17, 15) is 14.4 Å². The van der Waals surface area contributed by atoms with Gasteiger partial charge >= 0.3 is 5.69 Å². The first kappa shape index (κ1) is 25.3. The molecule has 1 aromatic carbocycles. The normalized spacial score (nSPS) is 13.2. The molecule has 9 heteroatoms. The van der Waals surface area contributed by atoms with Gasteiger partial charge in [-0.05, 0) is 49.9 Å². The smallest absolute Gasteiger partial charge is 0.332 e. The van der Waals surface area contributed by atoms with Crippen LogP contribution in [0.2, 0.25) is 0 Å². The van der Waals surface area contributed by atoms with Gasteiger partial charge in [0.05, 0.1) is 6.54 Å². The van der Waals surface area contributed by atoms with Gasteiger partial charge in [-0.2, -0.15) is 0 Å². The summed E-state index contributed by atoms with van der Waals surface area (Å²) in [5, 5.41) is 0. The molecule has 1 fully saturated rings. The molecule has 1 saturated heterocycles. The summed E-state index contributed by atoms with van der Waals surface area (Å²) in [5.74, 6) is 6.93. The first-order chi connectivity index (χ1) is 18.5. The molecule has 9 nitrogen and oxygen atoms in total. The molecule has 5 rings (SSSR count). The number of hydrogen-bond acceptors (Lipinski definition) is 4. The van der Waals surface area contributed by atoms with Crippen LogP contribution in [0.1, 0.15) is 55.5 Å². The van der Waals surface area contributed by atoms with E-state index in [0.29, 0.717) is 48.6 Å². The van der Waals surface area contributed by atoms with Crippen molar-refractivity contribution in [2.75, 3.05) is 13.1 Å². The van der Waals surface area contributed by atoms with E-state index in [1.807, 2.05) is 66.0 Å². The molecule has 0 radical (unpaired) electrons. The number of nitrogens with one attached hydrogen (secondary N) is 1. The Hall–Kier alpha value is -4.32. The number of likely N-dealkylation sites (tertiary alicyclic amines) is 1. The summed E-state index contributed by atoms with van der Waals surface area (Å²) >= 11 is 0. The van der Waals surface area contributed by atoms with Gasteiger partial charge in [0.15, 0.2) is 5.65 Å². The molecule has 0 bridgehead atoms. The third-order valence-corrected chi connectivity index (χ3v) is 6.78. The van der Waals surface area contributed by atoms with E-state index >= 15 is 0 Å². The van der Waals surface area contributed by atoms with Crippen LogP contribution in [-0.2, 0) is 19.6 Å². The van der Waals surface area contributed by atoms with E-state index in [2.05, 4.69) is 21.8 Å². The molecule has 1 aliphatic heterocycles. The van der Waals surface area contributed by atoms with Crippen molar-refractivity contribution in [3.63, 3.8) is 0 Å². The molecule has 4 heterocycles. The van der Waals surface area contributed by atoms with Crippen LogP contribution in [-0.4, -0.2) is 47.6 Å². The van der Waals surface area contributed by atoms with Gasteiger partial charge in [-0.15, -0.1) is 0 Å². The average molecular weight is 513 g/mol. The third-order valence-electron chi connectivity index (χ3n) is 6.78. The van der Waals surface area contributed by atoms with Gasteiger partial charge in [0.2, 0.25) is 0 Å². The molecule has 4 aromatic rings. The lowest BCUT2D eigenvalue weighted by Gasteiger charge is -2.15. The minimum atomic E-state index is -0.339. The molecule has 0 saturated carbocycles. The maximum Gasteiger partial charge on any atom is 0.332 e. The lowest BCUT2D eigenvalue weighted by molar-refractivity contribution is 0.0793. The molecule has 38 heavy (non-hydrogen) atoms. The molecule has 1 N–H and O–H groups in total. The van der Waals surface area contributed by atoms with Crippen molar-refractivity contribution in [3.8, 4) is 23.2 Å². The van der Waals surface area contributed by atoms with Crippen LogP contribution in [0.25, 0.3) is 22.6 Å². The van der Waals surface area contributed by atoms with E-state index in [0.717, 1.165) is 43.5 Å². The number of carbonyl (C=O) groups excluding carboxylic acids is 1. The van der Waals surface area contributed by atoms with E-state index in [-0.39, 0.29) is 17.2 Å². The molecular formula is C29H32N6O3. The van der Waals surface area contributed by atoms with Crippen molar-refractivity contribution in [3.05, 3.63) is 74.7 Å². The topological polar surface area (TPSA) is 97.9 Å². The number of carbonyl (C=O) groups is 1. The fraction of sp³-hybridized carbons (Fsp3) is 0.379. The number of H-pyrrole nitrogens is 1. The number of aromatic amines is 1. The first-order valence-corrected chi connectivity index (χ1v) is 13.3. The Morgan fingerprint density at radius 2 is 1.82 bits per heavy atom. The second kappa shape index (κ2) is 11.0. The van der Waals surface area contributed by atoms with Crippen molar-refractivity contribution in [2.24, 2.45) is 0 Å². The van der Waals surface area contributed by atoms with Gasteiger partial charge in [-0.25, -0.2) is 9.78 Å². The summed E-state index contributed by atoms with van der Waals surface area (Å²) in [7, 11) is 0. The predicted molar refractivity (Wildman–Crippen MR) is 147 cm³/mol. The van der Waals surface area contributed by atoms with Crippen molar-refractivity contribution in [1.29, 1.82) is 0 Å². The number of aromatic nitrogens is 5. The van der Waals surface area contributed by atoms with Crippen LogP contribution in [0, 0.1) is 11.8 Å². The molecule has 3 aromatic heterocycles. The Labute approximate surface area is 220 Å². The van der Waals surface area contributed by atoms with E-state index < -0.39 is 0 Å². The van der Waals surface area contributed by atoms with Crippen LogP contribution in [0.15, 0.2) is 52.3 Å². The minimum Gasteiger partial charge on any atom is -0.342 e. The van der Waals surface area contributed by atoms with Crippen molar-refractivity contribution < 1.29 is 4.79 Å². The van der Waals surface area contributed by atoms with Crippen LogP contribution in [0.5, 0.6) is 0 Å². The molecule has 1 amide bonds. The number of imidazole rings is 1. The van der Waals surface area contributed by atoms with Crippen molar-refractivity contribution in [1.82, 2.24) is 28.6 Å². The van der Waals surface area contributed by atoms with E-state index in [1.165, 1.54) is 4.57 Å². The molecule has 0 atom stereocenters. The highest BCUT2D eigenvalue weighted by atomic mass is 16.2. The molecule has 0 spiro atoms. The van der Waals surface area contributed by atoms with Crippen molar-refractivity contribution in [2.45, 2.75) is 59.2 Å². The quantitative estimate of drug-likeness (QED) is 0.384. The Morgan fingerprint density at radius 3 is 2.58 bits per heavy atom. The average Bonchev–Trinajstić information content (AvgIpc) is 3.70. The number of benzene rings is 1. The SMILES string of the molecule is CCCn1c(=O)c2[nH]c(-c3ccn(CC#Cc4cccc(C(=O)N5CCCC5)c4)c3)nc2n(CCC)c1=O. The number of nitrogens with zero attached hydrogens (tertiary/aromatic N) is 5. The monoisotopic (exact) mass is 512 g/mol. The second-order valence-electron chi connectivity index (χ2n) is 9.63. The largest absolute Gasteiger partial charge is 0.342 e. The number of amides is 1. The summed E-state index contributed by atoms with van der Waals surface area (Å²) in [6, 6.07) is 9.37. The summed E-state index contributed by atoms with van der Waals surface area (Å²) in [6.07, 6.45) is 7.38. The Balaban J connectivity index is 1.37. The summed E-state index contributed by atoms with van der Waals surface area (Å²) in [6.45, 7) is 6.89. The fourth-order valence-corrected chi connectivity index (χ4v) is 4.89. The van der Waals surface area contributed by atoms with E-state index in [1.54, 1.807) is 4.57 Å². The lowest BCUT2D eigenvalue weighted by Crippen LogP contribution is -2.40.